The lowest BCUT2D eigenvalue weighted by Crippen LogP contribution is -1.79. The van der Waals surface area contributed by atoms with E-state index >= 15 is 0 Å². The zero-order chi connectivity index (χ0) is 18.8. The van der Waals surface area contributed by atoms with Crippen LogP contribution in [0.3, 0.4) is 0 Å². The van der Waals surface area contributed by atoms with Gasteiger partial charge in [-0.3, -0.25) is 0 Å². The molecule has 0 aromatic heterocycles. The molecule has 0 bridgehead atoms. The van der Waals surface area contributed by atoms with E-state index in [1.165, 1.54) is 109 Å². The van der Waals surface area contributed by atoms with E-state index in [1.807, 2.05) is 10.8 Å². The largest absolute Gasteiger partial charge is 0.152 e. The van der Waals surface area contributed by atoms with Crippen LogP contribution in [0.25, 0.3) is 0 Å². The zero-order valence-corrected chi connectivity index (χ0v) is 19.0. The Hall–Kier alpha value is 0.180. The molecule has 0 spiro atoms. The van der Waals surface area contributed by atoms with Crippen LogP contribution in [0.1, 0.15) is 123 Å². The number of hydrogen-bond donors (Lipinski definition) is 2. The first-order chi connectivity index (χ1) is 12.3. The number of unbranched alkanes of at least 4 members (excludes halogenated alkanes) is 15. The van der Waals surface area contributed by atoms with E-state index in [2.05, 4.69) is 51.3 Å². The molecule has 0 saturated heterocycles. The molecule has 0 aliphatic heterocycles. The van der Waals surface area contributed by atoms with Gasteiger partial charge < -0.3 is 0 Å². The summed E-state index contributed by atoms with van der Waals surface area (Å²) in [6.07, 6.45) is 27.7. The molecular weight excluding hydrogens is 340 g/mol. The highest BCUT2D eigenvalue weighted by Crippen LogP contribution is 2.10. The van der Waals surface area contributed by atoms with Gasteiger partial charge in [0.1, 0.15) is 0 Å². The molecule has 0 fully saturated rings. The molecule has 0 nitrogen and oxygen atoms in total. The molecule has 0 aromatic carbocycles. The summed E-state index contributed by atoms with van der Waals surface area (Å²) >= 11 is 8.03. The SMILES string of the molecule is CCCCCCCCCC=CS.CCCCCCCCCCC=CS. The van der Waals surface area contributed by atoms with Crippen LogP contribution >= 0.6 is 25.3 Å². The van der Waals surface area contributed by atoms with Crippen molar-refractivity contribution in [3.63, 3.8) is 0 Å². The van der Waals surface area contributed by atoms with Gasteiger partial charge in [-0.05, 0) is 36.5 Å². The van der Waals surface area contributed by atoms with Crippen molar-refractivity contribution in [1.82, 2.24) is 0 Å². The Morgan fingerprint density at radius 3 is 1.00 bits per heavy atom. The quantitative estimate of drug-likeness (QED) is 0.180. The molecule has 0 aliphatic carbocycles. The first kappa shape index (κ1) is 27.4. The van der Waals surface area contributed by atoms with Crippen molar-refractivity contribution in [3.8, 4) is 0 Å². The average Bonchev–Trinajstić information content (AvgIpc) is 2.63. The van der Waals surface area contributed by atoms with Crippen LogP contribution in [0, 0.1) is 0 Å². The molecule has 0 atom stereocenters. The van der Waals surface area contributed by atoms with Gasteiger partial charge in [0.2, 0.25) is 0 Å². The minimum absolute atomic E-state index is 1.21. The van der Waals surface area contributed by atoms with Crippen LogP contribution < -0.4 is 0 Å². The minimum atomic E-state index is 1.21. The standard InChI is InChI=1S/C12H24S.C11H22S/c1-2-3-4-5-6-7-8-9-10-11-12-13;1-2-3-4-5-6-7-8-9-10-11-12/h11-13H,2-10H2,1H3;10-12H,2-9H2,1H3. The third-order valence-corrected chi connectivity index (χ3v) is 4.83. The van der Waals surface area contributed by atoms with Gasteiger partial charge in [-0.2, -0.15) is 25.3 Å². The second kappa shape index (κ2) is 29.0. The summed E-state index contributed by atoms with van der Waals surface area (Å²) in [5.74, 6) is 0. The van der Waals surface area contributed by atoms with Crippen LogP contribution in [-0.2, 0) is 0 Å². The summed E-state index contributed by atoms with van der Waals surface area (Å²) in [7, 11) is 0. The molecule has 0 heterocycles. The van der Waals surface area contributed by atoms with Gasteiger partial charge in [-0.1, -0.05) is 109 Å². The van der Waals surface area contributed by atoms with Crippen molar-refractivity contribution < 1.29 is 0 Å². The van der Waals surface area contributed by atoms with Crippen molar-refractivity contribution in [2.24, 2.45) is 0 Å². The molecule has 0 amide bonds. The van der Waals surface area contributed by atoms with E-state index in [1.54, 1.807) is 0 Å². The molecule has 0 rings (SSSR count). The second-order valence-corrected chi connectivity index (χ2v) is 7.54. The molecule has 2 heteroatoms. The Kier molecular flexibility index (Phi) is 31.7. The van der Waals surface area contributed by atoms with Gasteiger partial charge in [-0.25, -0.2) is 0 Å². The summed E-state index contributed by atoms with van der Waals surface area (Å²) < 4.78 is 0. The molecule has 0 aromatic rings. The average molecular weight is 387 g/mol. The predicted octanol–water partition coefficient (Wildman–Crippen LogP) is 9.53. The number of rotatable bonds is 17. The van der Waals surface area contributed by atoms with Gasteiger partial charge in [0.25, 0.3) is 0 Å². The molecule has 150 valence electrons. The van der Waals surface area contributed by atoms with E-state index in [-0.39, 0.29) is 0 Å². The summed E-state index contributed by atoms with van der Waals surface area (Å²) in [6, 6.07) is 0. The Morgan fingerprint density at radius 1 is 0.440 bits per heavy atom. The van der Waals surface area contributed by atoms with E-state index in [4.69, 9.17) is 0 Å². The summed E-state index contributed by atoms with van der Waals surface area (Å²) in [4.78, 5) is 0. The second-order valence-electron chi connectivity index (χ2n) is 6.94. The smallest absolute Gasteiger partial charge is 0.0343 e. The van der Waals surface area contributed by atoms with Crippen LogP contribution in [-0.4, -0.2) is 0 Å². The third-order valence-electron chi connectivity index (χ3n) is 4.41. The number of allylic oxidation sites excluding steroid dienone is 2. The predicted molar refractivity (Wildman–Crippen MR) is 126 cm³/mol. The molecular formula is C23H46S2. The summed E-state index contributed by atoms with van der Waals surface area (Å²) in [5, 5.41) is 3.69. The van der Waals surface area contributed by atoms with Crippen molar-refractivity contribution in [2.75, 3.05) is 0 Å². The lowest BCUT2D eigenvalue weighted by molar-refractivity contribution is 0.578. The fourth-order valence-electron chi connectivity index (χ4n) is 2.76. The van der Waals surface area contributed by atoms with Crippen LogP contribution in [0.5, 0.6) is 0 Å². The molecule has 0 unspecified atom stereocenters. The van der Waals surface area contributed by atoms with Crippen LogP contribution in [0.15, 0.2) is 23.0 Å². The Balaban J connectivity index is 0. The maximum absolute atomic E-state index is 4.02. The Morgan fingerprint density at radius 2 is 0.720 bits per heavy atom. The highest BCUT2D eigenvalue weighted by molar-refractivity contribution is 7.83. The van der Waals surface area contributed by atoms with Crippen LogP contribution in [0.4, 0.5) is 0 Å². The lowest BCUT2D eigenvalue weighted by atomic mass is 10.1. The van der Waals surface area contributed by atoms with Gasteiger partial charge in [0.05, 0.1) is 0 Å². The zero-order valence-electron chi connectivity index (χ0n) is 17.2. The number of hydrogen-bond acceptors (Lipinski definition) is 2. The maximum Gasteiger partial charge on any atom is -0.0343 e. The van der Waals surface area contributed by atoms with Crippen LogP contribution in [0.2, 0.25) is 0 Å². The normalized spacial score (nSPS) is 11.2. The van der Waals surface area contributed by atoms with Crippen molar-refractivity contribution in [1.29, 1.82) is 0 Å². The Bertz CT molecular complexity index is 259. The van der Waals surface area contributed by atoms with E-state index in [0.29, 0.717) is 0 Å². The molecule has 0 N–H and O–H groups in total. The fourth-order valence-corrected chi connectivity index (χ4v) is 3.06. The molecule has 0 radical (unpaired) electrons. The third kappa shape index (κ3) is 32.3. The van der Waals surface area contributed by atoms with Gasteiger partial charge in [0, 0.05) is 0 Å². The van der Waals surface area contributed by atoms with Gasteiger partial charge in [0.15, 0.2) is 0 Å². The highest BCUT2D eigenvalue weighted by atomic mass is 32.1. The monoisotopic (exact) mass is 386 g/mol. The van der Waals surface area contributed by atoms with E-state index < -0.39 is 0 Å². The van der Waals surface area contributed by atoms with Gasteiger partial charge >= 0.3 is 0 Å². The minimum Gasteiger partial charge on any atom is -0.152 e. The van der Waals surface area contributed by atoms with Gasteiger partial charge in [-0.15, -0.1) is 0 Å². The first-order valence-electron chi connectivity index (χ1n) is 10.9. The first-order valence-corrected chi connectivity index (χ1v) is 11.9. The van der Waals surface area contributed by atoms with Crippen molar-refractivity contribution >= 4 is 25.3 Å². The van der Waals surface area contributed by atoms with E-state index in [9.17, 15) is 0 Å². The maximum atomic E-state index is 4.02. The van der Waals surface area contributed by atoms with Crippen molar-refractivity contribution in [2.45, 2.75) is 123 Å². The molecule has 0 saturated carbocycles. The summed E-state index contributed by atoms with van der Waals surface area (Å²) in [5.41, 5.74) is 0. The highest BCUT2D eigenvalue weighted by Gasteiger charge is 1.90. The topological polar surface area (TPSA) is 0 Å². The molecule has 25 heavy (non-hydrogen) atoms. The van der Waals surface area contributed by atoms with E-state index in [0.717, 1.165) is 0 Å². The fraction of sp³-hybridized carbons (Fsp3) is 0.826. The summed E-state index contributed by atoms with van der Waals surface area (Å²) in [6.45, 7) is 4.53. The molecule has 0 aliphatic rings. The van der Waals surface area contributed by atoms with Crippen molar-refractivity contribution in [3.05, 3.63) is 23.0 Å². The Labute approximate surface area is 171 Å². The number of thiol groups is 2. The lowest BCUT2D eigenvalue weighted by Gasteiger charge is -1.99.